The highest BCUT2D eigenvalue weighted by atomic mass is 35.5. The van der Waals surface area contributed by atoms with E-state index in [1.165, 1.54) is 12.5 Å². The highest BCUT2D eigenvalue weighted by Crippen LogP contribution is 2.32. The van der Waals surface area contributed by atoms with E-state index in [0.29, 0.717) is 23.1 Å². The quantitative estimate of drug-likeness (QED) is 0.584. The fraction of sp³-hybridized carbons (Fsp3) is 0.375. The molecule has 2 aromatic carbocycles. The molecular formula is C24H27ClN2O4. The second-order valence-electron chi connectivity index (χ2n) is 8.10. The minimum absolute atomic E-state index is 0.0550. The van der Waals surface area contributed by atoms with Crippen molar-refractivity contribution in [2.24, 2.45) is 11.8 Å². The molecule has 6 nitrogen and oxygen atoms in total. The van der Waals surface area contributed by atoms with Crippen molar-refractivity contribution in [1.29, 1.82) is 0 Å². The van der Waals surface area contributed by atoms with Crippen LogP contribution in [0.25, 0.3) is 0 Å². The molecule has 2 atom stereocenters. The van der Waals surface area contributed by atoms with E-state index in [2.05, 4.69) is 24.5 Å². The zero-order chi connectivity index (χ0) is 22.4. The lowest BCUT2D eigenvalue weighted by atomic mass is 9.79. The maximum atomic E-state index is 12.6. The Balaban J connectivity index is 1.56. The molecular weight excluding hydrogens is 416 g/mol. The van der Waals surface area contributed by atoms with Crippen LogP contribution in [-0.2, 0) is 4.74 Å². The number of rotatable bonds is 5. The van der Waals surface area contributed by atoms with Gasteiger partial charge in [0.05, 0.1) is 16.1 Å². The highest BCUT2D eigenvalue weighted by molar-refractivity contribution is 6.34. The van der Waals surface area contributed by atoms with Crippen LogP contribution in [-0.4, -0.2) is 24.0 Å². The van der Waals surface area contributed by atoms with Crippen LogP contribution in [0.2, 0.25) is 5.02 Å². The number of ether oxygens (including phenoxy) is 1. The summed E-state index contributed by atoms with van der Waals surface area (Å²) in [5.41, 5.74) is 1.07. The number of urea groups is 1. The molecule has 0 saturated heterocycles. The third-order valence-electron chi connectivity index (χ3n) is 5.59. The van der Waals surface area contributed by atoms with Crippen molar-refractivity contribution in [3.05, 3.63) is 64.7 Å². The summed E-state index contributed by atoms with van der Waals surface area (Å²) in [5, 5.41) is 5.05. The maximum absolute atomic E-state index is 12.6. The van der Waals surface area contributed by atoms with Crippen LogP contribution in [0, 0.1) is 11.8 Å². The van der Waals surface area contributed by atoms with Gasteiger partial charge in [0.1, 0.15) is 6.10 Å². The first kappa shape index (κ1) is 22.8. The van der Waals surface area contributed by atoms with Crippen LogP contribution >= 0.6 is 11.6 Å². The number of anilines is 1. The third-order valence-corrected chi connectivity index (χ3v) is 5.92. The van der Waals surface area contributed by atoms with E-state index in [0.717, 1.165) is 19.3 Å². The van der Waals surface area contributed by atoms with E-state index in [-0.39, 0.29) is 22.7 Å². The smallest absolute Gasteiger partial charge is 0.338 e. The van der Waals surface area contributed by atoms with Gasteiger partial charge in [0, 0.05) is 5.69 Å². The number of amides is 3. The Kier molecular flexibility index (Phi) is 7.69. The number of carbonyl (C=O) groups excluding carboxylic acids is 3. The molecule has 7 heteroatoms. The maximum Gasteiger partial charge on any atom is 0.338 e. The second kappa shape index (κ2) is 10.4. The molecule has 0 aliphatic heterocycles. The molecule has 164 valence electrons. The van der Waals surface area contributed by atoms with Gasteiger partial charge in [-0.2, -0.15) is 0 Å². The van der Waals surface area contributed by atoms with Crippen LogP contribution in [0.15, 0.2) is 48.5 Å². The van der Waals surface area contributed by atoms with Gasteiger partial charge in [-0.3, -0.25) is 10.1 Å². The molecule has 31 heavy (non-hydrogen) atoms. The number of carbonyl (C=O) groups is 3. The minimum Gasteiger partial charge on any atom is -0.458 e. The van der Waals surface area contributed by atoms with Crippen molar-refractivity contribution >= 4 is 35.2 Å². The number of nitrogens with one attached hydrogen (secondary N) is 2. The molecule has 0 radical (unpaired) electrons. The average Bonchev–Trinajstić information content (AvgIpc) is 2.74. The lowest BCUT2D eigenvalue weighted by Crippen LogP contribution is -2.34. The van der Waals surface area contributed by atoms with Crippen molar-refractivity contribution < 1.29 is 19.1 Å². The molecule has 0 spiro atoms. The summed E-state index contributed by atoms with van der Waals surface area (Å²) >= 11 is 5.97. The van der Waals surface area contributed by atoms with Crippen molar-refractivity contribution in [2.45, 2.75) is 45.6 Å². The van der Waals surface area contributed by atoms with Crippen LogP contribution in [0.3, 0.4) is 0 Å². The number of esters is 1. The first-order valence-electron chi connectivity index (χ1n) is 10.5. The second-order valence-corrected chi connectivity index (χ2v) is 8.51. The molecule has 2 N–H and O–H groups in total. The molecule has 0 bridgehead atoms. The Morgan fingerprint density at radius 1 is 1.00 bits per heavy atom. The molecule has 1 saturated carbocycles. The summed E-state index contributed by atoms with van der Waals surface area (Å²) in [6.07, 6.45) is 4.18. The standard InChI is InChI=1S/C24H27ClN2O4/c1-15(2)18-7-4-6-10-21(18)31-23(29)16-11-13-17(14-12-16)26-24(30)27-22(28)19-8-3-5-9-20(19)25/h3,5,8-9,11-15,18,21H,4,6-7,10H2,1-2H3,(H2,26,27,28,30). The van der Waals surface area contributed by atoms with Gasteiger partial charge >= 0.3 is 12.0 Å². The molecule has 0 aromatic heterocycles. The van der Waals surface area contributed by atoms with Gasteiger partial charge in [-0.25, -0.2) is 9.59 Å². The van der Waals surface area contributed by atoms with Gasteiger partial charge < -0.3 is 10.1 Å². The van der Waals surface area contributed by atoms with Gasteiger partial charge in [0.25, 0.3) is 5.91 Å². The summed E-state index contributed by atoms with van der Waals surface area (Å²) in [6.45, 7) is 4.33. The average molecular weight is 443 g/mol. The predicted molar refractivity (Wildman–Crippen MR) is 120 cm³/mol. The third kappa shape index (κ3) is 6.07. The Morgan fingerprint density at radius 2 is 1.68 bits per heavy atom. The van der Waals surface area contributed by atoms with E-state index in [4.69, 9.17) is 16.3 Å². The van der Waals surface area contributed by atoms with Crippen molar-refractivity contribution in [3.8, 4) is 0 Å². The molecule has 3 rings (SSSR count). The fourth-order valence-corrected chi connectivity index (χ4v) is 4.13. The zero-order valence-electron chi connectivity index (χ0n) is 17.7. The van der Waals surface area contributed by atoms with E-state index >= 15 is 0 Å². The molecule has 1 aliphatic carbocycles. The highest BCUT2D eigenvalue weighted by Gasteiger charge is 2.30. The van der Waals surface area contributed by atoms with Crippen molar-refractivity contribution in [1.82, 2.24) is 5.32 Å². The summed E-state index contributed by atoms with van der Waals surface area (Å²) in [5.74, 6) is -0.104. The molecule has 0 heterocycles. The fourth-order valence-electron chi connectivity index (χ4n) is 3.91. The van der Waals surface area contributed by atoms with E-state index < -0.39 is 11.9 Å². The molecule has 2 unspecified atom stereocenters. The molecule has 1 fully saturated rings. The van der Waals surface area contributed by atoms with Gasteiger partial charge in [0.2, 0.25) is 0 Å². The van der Waals surface area contributed by atoms with E-state index in [9.17, 15) is 14.4 Å². The van der Waals surface area contributed by atoms with E-state index in [1.54, 1.807) is 42.5 Å². The zero-order valence-corrected chi connectivity index (χ0v) is 18.4. The van der Waals surface area contributed by atoms with Crippen LogP contribution in [0.4, 0.5) is 10.5 Å². The van der Waals surface area contributed by atoms with Gasteiger partial charge in [-0.15, -0.1) is 0 Å². The Hall–Kier alpha value is -2.86. The normalized spacial score (nSPS) is 18.3. The van der Waals surface area contributed by atoms with Gasteiger partial charge in [-0.1, -0.05) is 44.0 Å². The topological polar surface area (TPSA) is 84.5 Å². The Labute approximate surface area is 187 Å². The van der Waals surface area contributed by atoms with Crippen LogP contribution in [0.1, 0.15) is 60.2 Å². The number of hydrogen-bond acceptors (Lipinski definition) is 4. The van der Waals surface area contributed by atoms with Crippen molar-refractivity contribution in [3.63, 3.8) is 0 Å². The lowest BCUT2D eigenvalue weighted by molar-refractivity contribution is -0.00827. The Bertz CT molecular complexity index is 943. The monoisotopic (exact) mass is 442 g/mol. The number of halogens is 1. The SMILES string of the molecule is CC(C)C1CCCCC1OC(=O)c1ccc(NC(=O)NC(=O)c2ccccc2Cl)cc1. The van der Waals surface area contributed by atoms with Crippen molar-refractivity contribution in [2.75, 3.05) is 5.32 Å². The largest absolute Gasteiger partial charge is 0.458 e. The molecule has 2 aromatic rings. The number of hydrogen-bond donors (Lipinski definition) is 2. The van der Waals surface area contributed by atoms with Gasteiger partial charge in [-0.05, 0) is 67.5 Å². The molecule has 1 aliphatic rings. The summed E-state index contributed by atoms with van der Waals surface area (Å²) in [7, 11) is 0. The predicted octanol–water partition coefficient (Wildman–Crippen LogP) is 5.67. The molecule has 3 amide bonds. The van der Waals surface area contributed by atoms with Gasteiger partial charge in [0.15, 0.2) is 0 Å². The minimum atomic E-state index is -0.692. The van der Waals surface area contributed by atoms with E-state index in [1.807, 2.05) is 0 Å². The Morgan fingerprint density at radius 3 is 2.35 bits per heavy atom. The number of imide groups is 1. The number of benzene rings is 2. The summed E-state index contributed by atoms with van der Waals surface area (Å²) in [4.78, 5) is 36.8. The summed E-state index contributed by atoms with van der Waals surface area (Å²) in [6, 6.07) is 12.2. The first-order valence-corrected chi connectivity index (χ1v) is 10.9. The summed E-state index contributed by atoms with van der Waals surface area (Å²) < 4.78 is 5.79. The first-order chi connectivity index (χ1) is 14.8. The lowest BCUT2D eigenvalue weighted by Gasteiger charge is -2.33. The van der Waals surface area contributed by atoms with Crippen LogP contribution in [0.5, 0.6) is 0 Å². The van der Waals surface area contributed by atoms with Crippen LogP contribution < -0.4 is 10.6 Å².